The second-order valence-corrected chi connectivity index (χ2v) is 5.23. The average molecular weight is 242 g/mol. The summed E-state index contributed by atoms with van der Waals surface area (Å²) in [6.07, 6.45) is 0. The molecule has 1 atom stereocenters. The van der Waals surface area contributed by atoms with E-state index in [4.69, 9.17) is 16.7 Å². The van der Waals surface area contributed by atoms with Gasteiger partial charge >= 0.3 is 5.97 Å². The van der Waals surface area contributed by atoms with E-state index in [1.54, 1.807) is 24.3 Å². The van der Waals surface area contributed by atoms with Crippen LogP contribution in [-0.2, 0) is 4.79 Å². The lowest BCUT2D eigenvalue weighted by Crippen LogP contribution is -2.41. The van der Waals surface area contributed by atoms with E-state index in [2.05, 4.69) is 5.32 Å². The highest BCUT2D eigenvalue weighted by molar-refractivity contribution is 6.30. The maximum atomic E-state index is 11.1. The highest BCUT2D eigenvalue weighted by Crippen LogP contribution is 2.24. The van der Waals surface area contributed by atoms with Crippen molar-refractivity contribution < 1.29 is 9.90 Å². The van der Waals surface area contributed by atoms with Crippen LogP contribution in [0.2, 0.25) is 5.02 Å². The molecule has 0 aliphatic carbocycles. The van der Waals surface area contributed by atoms with Gasteiger partial charge in [0, 0.05) is 10.7 Å². The SMILES string of the molecule is CC(C)(C)C(Nc1cccc(Cl)c1)C(=O)O. The molecule has 0 bridgehead atoms. The zero-order chi connectivity index (χ0) is 12.3. The van der Waals surface area contributed by atoms with E-state index in [0.717, 1.165) is 5.69 Å². The van der Waals surface area contributed by atoms with Crippen molar-refractivity contribution in [3.8, 4) is 0 Å². The molecule has 2 N–H and O–H groups in total. The summed E-state index contributed by atoms with van der Waals surface area (Å²) in [5.41, 5.74) is 0.351. The van der Waals surface area contributed by atoms with Crippen LogP contribution in [0.25, 0.3) is 0 Å². The molecular formula is C12H16ClNO2. The summed E-state index contributed by atoms with van der Waals surface area (Å²) in [4.78, 5) is 11.1. The highest BCUT2D eigenvalue weighted by atomic mass is 35.5. The van der Waals surface area contributed by atoms with Crippen molar-refractivity contribution in [3.63, 3.8) is 0 Å². The van der Waals surface area contributed by atoms with Gasteiger partial charge in [0.15, 0.2) is 0 Å². The molecule has 0 fully saturated rings. The molecule has 0 aliphatic rings. The third-order valence-electron chi connectivity index (χ3n) is 2.25. The quantitative estimate of drug-likeness (QED) is 0.854. The van der Waals surface area contributed by atoms with Crippen LogP contribution in [0.3, 0.4) is 0 Å². The summed E-state index contributed by atoms with van der Waals surface area (Å²) in [5.74, 6) is -0.868. The van der Waals surface area contributed by atoms with E-state index in [1.807, 2.05) is 20.8 Å². The molecule has 1 rings (SSSR count). The van der Waals surface area contributed by atoms with Gasteiger partial charge in [-0.25, -0.2) is 4.79 Å². The van der Waals surface area contributed by atoms with Crippen LogP contribution in [0.1, 0.15) is 20.8 Å². The second-order valence-electron chi connectivity index (χ2n) is 4.79. The fraction of sp³-hybridized carbons (Fsp3) is 0.417. The van der Waals surface area contributed by atoms with Crippen molar-refractivity contribution in [2.75, 3.05) is 5.32 Å². The second kappa shape index (κ2) is 4.74. The summed E-state index contributed by atoms with van der Waals surface area (Å²) in [7, 11) is 0. The molecule has 0 amide bonds. The standard InChI is InChI=1S/C12H16ClNO2/c1-12(2,3)10(11(15)16)14-9-6-4-5-8(13)7-9/h4-7,10,14H,1-3H3,(H,15,16). The number of benzene rings is 1. The number of carboxylic acid groups (broad SMARTS) is 1. The Kier molecular flexibility index (Phi) is 3.81. The van der Waals surface area contributed by atoms with Crippen LogP contribution in [-0.4, -0.2) is 17.1 Å². The Balaban J connectivity index is 2.89. The Morgan fingerprint density at radius 1 is 1.44 bits per heavy atom. The van der Waals surface area contributed by atoms with E-state index in [-0.39, 0.29) is 5.41 Å². The minimum Gasteiger partial charge on any atom is -0.480 e. The summed E-state index contributed by atoms with van der Waals surface area (Å²) in [5, 5.41) is 12.7. The van der Waals surface area contributed by atoms with Crippen LogP contribution < -0.4 is 5.32 Å². The Morgan fingerprint density at radius 3 is 2.50 bits per heavy atom. The molecule has 4 heteroatoms. The zero-order valence-electron chi connectivity index (χ0n) is 9.62. The first-order chi connectivity index (χ1) is 7.30. The number of nitrogens with one attached hydrogen (secondary N) is 1. The van der Waals surface area contributed by atoms with Crippen LogP contribution in [0.15, 0.2) is 24.3 Å². The molecule has 0 spiro atoms. The number of rotatable bonds is 3. The fourth-order valence-corrected chi connectivity index (χ4v) is 1.58. The van der Waals surface area contributed by atoms with E-state index >= 15 is 0 Å². The molecule has 0 radical (unpaired) electrons. The number of halogens is 1. The van der Waals surface area contributed by atoms with Crippen LogP contribution in [0, 0.1) is 5.41 Å². The largest absolute Gasteiger partial charge is 0.480 e. The van der Waals surface area contributed by atoms with Gasteiger partial charge in [-0.1, -0.05) is 38.4 Å². The number of hydrogen-bond acceptors (Lipinski definition) is 2. The summed E-state index contributed by atoms with van der Waals surface area (Å²) < 4.78 is 0. The lowest BCUT2D eigenvalue weighted by Gasteiger charge is -2.28. The fourth-order valence-electron chi connectivity index (χ4n) is 1.39. The Hall–Kier alpha value is -1.22. The van der Waals surface area contributed by atoms with Gasteiger partial charge in [0.1, 0.15) is 6.04 Å². The summed E-state index contributed by atoms with van der Waals surface area (Å²) in [6, 6.07) is 6.40. The Labute approximate surface area is 100 Å². The smallest absolute Gasteiger partial charge is 0.326 e. The third kappa shape index (κ3) is 3.42. The van der Waals surface area contributed by atoms with Crippen molar-refractivity contribution >= 4 is 23.3 Å². The molecular weight excluding hydrogens is 226 g/mol. The molecule has 3 nitrogen and oxygen atoms in total. The topological polar surface area (TPSA) is 49.3 Å². The number of carboxylic acids is 1. The van der Waals surface area contributed by atoms with Crippen molar-refractivity contribution in [3.05, 3.63) is 29.3 Å². The van der Waals surface area contributed by atoms with Crippen LogP contribution >= 0.6 is 11.6 Å². The van der Waals surface area contributed by atoms with Gasteiger partial charge in [0.25, 0.3) is 0 Å². The number of aliphatic carboxylic acids is 1. The number of hydrogen-bond donors (Lipinski definition) is 2. The van der Waals surface area contributed by atoms with Gasteiger partial charge in [0.05, 0.1) is 0 Å². The Morgan fingerprint density at radius 2 is 2.06 bits per heavy atom. The maximum absolute atomic E-state index is 11.1. The predicted molar refractivity (Wildman–Crippen MR) is 66.0 cm³/mol. The van der Waals surface area contributed by atoms with Gasteiger partial charge in [-0.15, -0.1) is 0 Å². The minimum absolute atomic E-state index is 0.367. The highest BCUT2D eigenvalue weighted by Gasteiger charge is 2.30. The molecule has 0 heterocycles. The molecule has 1 aromatic rings. The lowest BCUT2D eigenvalue weighted by atomic mass is 9.86. The first-order valence-corrected chi connectivity index (χ1v) is 5.43. The number of carbonyl (C=O) groups is 1. The van der Waals surface area contributed by atoms with Gasteiger partial charge in [-0.3, -0.25) is 0 Å². The van der Waals surface area contributed by atoms with Crippen molar-refractivity contribution in [2.45, 2.75) is 26.8 Å². The first-order valence-electron chi connectivity index (χ1n) is 5.05. The molecule has 0 aromatic heterocycles. The van der Waals surface area contributed by atoms with E-state index in [9.17, 15) is 4.79 Å². The van der Waals surface area contributed by atoms with Crippen molar-refractivity contribution in [1.29, 1.82) is 0 Å². The van der Waals surface area contributed by atoms with Crippen molar-refractivity contribution in [2.24, 2.45) is 5.41 Å². The average Bonchev–Trinajstić information content (AvgIpc) is 2.12. The van der Waals surface area contributed by atoms with E-state index < -0.39 is 12.0 Å². The zero-order valence-corrected chi connectivity index (χ0v) is 10.4. The normalized spacial score (nSPS) is 13.2. The molecule has 1 unspecified atom stereocenters. The van der Waals surface area contributed by atoms with Crippen molar-refractivity contribution in [1.82, 2.24) is 0 Å². The maximum Gasteiger partial charge on any atom is 0.326 e. The lowest BCUT2D eigenvalue weighted by molar-refractivity contribution is -0.140. The van der Waals surface area contributed by atoms with E-state index in [0.29, 0.717) is 5.02 Å². The number of anilines is 1. The first kappa shape index (κ1) is 12.8. The van der Waals surface area contributed by atoms with E-state index in [1.165, 1.54) is 0 Å². The monoisotopic (exact) mass is 241 g/mol. The minimum atomic E-state index is -0.868. The third-order valence-corrected chi connectivity index (χ3v) is 2.48. The van der Waals surface area contributed by atoms with Gasteiger partial charge in [-0.05, 0) is 23.6 Å². The van der Waals surface area contributed by atoms with Gasteiger partial charge < -0.3 is 10.4 Å². The summed E-state index contributed by atoms with van der Waals surface area (Å²) >= 11 is 5.83. The van der Waals surface area contributed by atoms with Gasteiger partial charge in [0.2, 0.25) is 0 Å². The van der Waals surface area contributed by atoms with Crippen LogP contribution in [0.4, 0.5) is 5.69 Å². The molecule has 0 saturated heterocycles. The molecule has 0 saturated carbocycles. The molecule has 88 valence electrons. The predicted octanol–water partition coefficient (Wildman–Crippen LogP) is 3.25. The summed E-state index contributed by atoms with van der Waals surface area (Å²) in [6.45, 7) is 5.63. The molecule has 1 aromatic carbocycles. The Bertz CT molecular complexity index is 385. The molecule has 16 heavy (non-hydrogen) atoms. The molecule has 0 aliphatic heterocycles. The van der Waals surface area contributed by atoms with Gasteiger partial charge in [-0.2, -0.15) is 0 Å². The van der Waals surface area contributed by atoms with Crippen LogP contribution in [0.5, 0.6) is 0 Å².